The van der Waals surface area contributed by atoms with Gasteiger partial charge in [-0.05, 0) is 29.4 Å². The van der Waals surface area contributed by atoms with E-state index in [0.29, 0.717) is 16.7 Å². The first-order valence-corrected chi connectivity index (χ1v) is 6.71. The van der Waals surface area contributed by atoms with Gasteiger partial charge in [0.15, 0.2) is 0 Å². The van der Waals surface area contributed by atoms with Crippen LogP contribution in [0.2, 0.25) is 0 Å². The van der Waals surface area contributed by atoms with E-state index in [1.165, 1.54) is 17.5 Å². The molecule has 1 heteroatoms. The molecule has 0 heterocycles. The highest BCUT2D eigenvalue weighted by molar-refractivity contribution is 9.09. The van der Waals surface area contributed by atoms with Crippen LogP contribution in [0, 0.1) is 5.92 Å². The summed E-state index contributed by atoms with van der Waals surface area (Å²) >= 11 is 3.73. The number of alkyl halides is 1. The summed E-state index contributed by atoms with van der Waals surface area (Å²) in [5.41, 5.74) is 2.83. The van der Waals surface area contributed by atoms with E-state index in [-0.39, 0.29) is 0 Å². The summed E-state index contributed by atoms with van der Waals surface area (Å²) in [6.45, 7) is 8.99. The van der Waals surface area contributed by atoms with Crippen molar-refractivity contribution < 1.29 is 0 Å². The zero-order valence-electron chi connectivity index (χ0n) is 10.1. The topological polar surface area (TPSA) is 0 Å². The second kappa shape index (κ2) is 5.69. The van der Waals surface area contributed by atoms with Gasteiger partial charge in [0.25, 0.3) is 0 Å². The lowest BCUT2D eigenvalue weighted by atomic mass is 9.95. The Hall–Kier alpha value is -0.300. The second-order valence-corrected chi connectivity index (χ2v) is 5.61. The Morgan fingerprint density at radius 1 is 1.00 bits per heavy atom. The lowest BCUT2D eigenvalue weighted by molar-refractivity contribution is 0.640. The first-order chi connectivity index (χ1) is 7.06. The van der Waals surface area contributed by atoms with Crippen LogP contribution in [0.4, 0.5) is 0 Å². The number of halogens is 1. The molecule has 0 aliphatic carbocycles. The molecule has 2 unspecified atom stereocenters. The molecular weight excluding hydrogens is 248 g/mol. The molecule has 0 radical (unpaired) electrons. The zero-order chi connectivity index (χ0) is 11.4. The molecule has 0 spiro atoms. The molecule has 0 nitrogen and oxygen atoms in total. The summed E-state index contributed by atoms with van der Waals surface area (Å²) in [6.07, 6.45) is 1.21. The highest BCUT2D eigenvalue weighted by atomic mass is 79.9. The van der Waals surface area contributed by atoms with Crippen molar-refractivity contribution in [3.8, 4) is 0 Å². The van der Waals surface area contributed by atoms with Crippen LogP contribution in [0.15, 0.2) is 24.3 Å². The highest BCUT2D eigenvalue weighted by Gasteiger charge is 2.11. The van der Waals surface area contributed by atoms with Gasteiger partial charge < -0.3 is 0 Å². The lowest BCUT2D eigenvalue weighted by Crippen LogP contribution is -1.99. The molecule has 0 saturated carbocycles. The fourth-order valence-corrected chi connectivity index (χ4v) is 1.93. The van der Waals surface area contributed by atoms with Crippen molar-refractivity contribution in [1.82, 2.24) is 0 Å². The molecular formula is C14H21Br. The van der Waals surface area contributed by atoms with Crippen molar-refractivity contribution in [2.45, 2.75) is 44.9 Å². The highest BCUT2D eigenvalue weighted by Crippen LogP contribution is 2.31. The first kappa shape index (κ1) is 12.8. The molecule has 0 N–H and O–H groups in total. The van der Waals surface area contributed by atoms with Gasteiger partial charge >= 0.3 is 0 Å². The molecule has 0 bridgehead atoms. The molecule has 84 valence electrons. The van der Waals surface area contributed by atoms with Gasteiger partial charge in [0.1, 0.15) is 0 Å². The third kappa shape index (κ3) is 3.34. The number of benzene rings is 1. The number of rotatable bonds is 4. The molecule has 0 saturated heterocycles. The van der Waals surface area contributed by atoms with Gasteiger partial charge in [-0.2, -0.15) is 0 Å². The molecule has 2 atom stereocenters. The molecule has 1 aromatic carbocycles. The van der Waals surface area contributed by atoms with E-state index >= 15 is 0 Å². The third-order valence-electron chi connectivity index (χ3n) is 3.02. The summed E-state index contributed by atoms with van der Waals surface area (Å²) in [5.74, 6) is 1.31. The van der Waals surface area contributed by atoms with Crippen LogP contribution in [0.1, 0.15) is 56.0 Å². The van der Waals surface area contributed by atoms with Crippen LogP contribution in [-0.4, -0.2) is 0 Å². The predicted molar refractivity (Wildman–Crippen MR) is 71.7 cm³/mol. The van der Waals surface area contributed by atoms with Crippen molar-refractivity contribution in [3.05, 3.63) is 35.4 Å². The molecule has 0 aromatic heterocycles. The molecule has 0 amide bonds. The van der Waals surface area contributed by atoms with Crippen molar-refractivity contribution in [3.63, 3.8) is 0 Å². The Bertz CT molecular complexity index is 287. The molecule has 1 aromatic rings. The minimum absolute atomic E-state index is 0.475. The second-order valence-electron chi connectivity index (χ2n) is 4.62. The van der Waals surface area contributed by atoms with Crippen LogP contribution < -0.4 is 0 Å². The van der Waals surface area contributed by atoms with E-state index in [0.717, 1.165) is 0 Å². The average molecular weight is 269 g/mol. The average Bonchev–Trinajstić information content (AvgIpc) is 2.27. The van der Waals surface area contributed by atoms with Crippen molar-refractivity contribution in [2.75, 3.05) is 0 Å². The molecule has 1 rings (SSSR count). The van der Waals surface area contributed by atoms with E-state index in [4.69, 9.17) is 0 Å². The van der Waals surface area contributed by atoms with E-state index in [1.54, 1.807) is 0 Å². The van der Waals surface area contributed by atoms with Gasteiger partial charge in [-0.15, -0.1) is 0 Å². The van der Waals surface area contributed by atoms with E-state index in [9.17, 15) is 0 Å². The van der Waals surface area contributed by atoms with Crippen LogP contribution >= 0.6 is 15.9 Å². The Balaban J connectivity index is 2.80. The quantitative estimate of drug-likeness (QED) is 0.651. The van der Waals surface area contributed by atoms with Crippen molar-refractivity contribution >= 4 is 15.9 Å². The van der Waals surface area contributed by atoms with Crippen molar-refractivity contribution in [1.29, 1.82) is 0 Å². The van der Waals surface area contributed by atoms with Gasteiger partial charge in [0.2, 0.25) is 0 Å². The number of hydrogen-bond acceptors (Lipinski definition) is 0. The normalized spacial score (nSPS) is 15.3. The standard InChI is InChI=1S/C14H21Br/c1-5-11(4)12-6-8-13(9-7-12)14(15)10(2)3/h6-11,14H,5H2,1-4H3. The first-order valence-electron chi connectivity index (χ1n) is 5.80. The molecule has 15 heavy (non-hydrogen) atoms. The smallest absolute Gasteiger partial charge is 0.0418 e. The van der Waals surface area contributed by atoms with Crippen LogP contribution in [-0.2, 0) is 0 Å². The van der Waals surface area contributed by atoms with Gasteiger partial charge in [-0.1, -0.05) is 67.9 Å². The summed E-state index contributed by atoms with van der Waals surface area (Å²) < 4.78 is 0. The maximum absolute atomic E-state index is 3.73. The van der Waals surface area contributed by atoms with E-state index in [2.05, 4.69) is 67.9 Å². The van der Waals surface area contributed by atoms with Crippen LogP contribution in [0.25, 0.3) is 0 Å². The van der Waals surface area contributed by atoms with Gasteiger partial charge in [-0.25, -0.2) is 0 Å². The summed E-state index contributed by atoms with van der Waals surface area (Å²) in [5, 5.41) is 0. The summed E-state index contributed by atoms with van der Waals surface area (Å²) in [4.78, 5) is 0.475. The molecule has 0 fully saturated rings. The summed E-state index contributed by atoms with van der Waals surface area (Å²) in [6, 6.07) is 9.03. The fourth-order valence-electron chi connectivity index (χ4n) is 1.63. The zero-order valence-corrected chi connectivity index (χ0v) is 11.7. The summed E-state index contributed by atoms with van der Waals surface area (Å²) in [7, 11) is 0. The van der Waals surface area contributed by atoms with Crippen molar-refractivity contribution in [2.24, 2.45) is 5.92 Å². The minimum Gasteiger partial charge on any atom is -0.0836 e. The minimum atomic E-state index is 0.475. The maximum Gasteiger partial charge on any atom is 0.0418 e. The largest absolute Gasteiger partial charge is 0.0836 e. The number of hydrogen-bond donors (Lipinski definition) is 0. The lowest BCUT2D eigenvalue weighted by Gasteiger charge is -2.15. The Morgan fingerprint density at radius 3 is 1.87 bits per heavy atom. The Kier molecular flexibility index (Phi) is 4.85. The van der Waals surface area contributed by atoms with E-state index < -0.39 is 0 Å². The Morgan fingerprint density at radius 2 is 1.47 bits per heavy atom. The fraction of sp³-hybridized carbons (Fsp3) is 0.571. The monoisotopic (exact) mass is 268 g/mol. The van der Waals surface area contributed by atoms with E-state index in [1.807, 2.05) is 0 Å². The SMILES string of the molecule is CCC(C)c1ccc(C(Br)C(C)C)cc1. The van der Waals surface area contributed by atoms with Crippen LogP contribution in [0.3, 0.4) is 0 Å². The maximum atomic E-state index is 3.73. The van der Waals surface area contributed by atoms with Gasteiger partial charge in [0, 0.05) is 4.83 Å². The Labute approximate surface area is 102 Å². The van der Waals surface area contributed by atoms with Crippen LogP contribution in [0.5, 0.6) is 0 Å². The predicted octanol–water partition coefficient (Wildman–Crippen LogP) is 5.29. The molecule has 0 aliphatic rings. The molecule has 0 aliphatic heterocycles. The van der Waals surface area contributed by atoms with Gasteiger partial charge in [-0.3, -0.25) is 0 Å². The van der Waals surface area contributed by atoms with Gasteiger partial charge in [0.05, 0.1) is 0 Å². The third-order valence-corrected chi connectivity index (χ3v) is 4.61.